The molecule has 19 heavy (non-hydrogen) atoms. The lowest BCUT2D eigenvalue weighted by molar-refractivity contribution is -0.130. The molecule has 2 atom stereocenters. The average molecular weight is 270 g/mol. The molecule has 0 aromatic rings. The summed E-state index contributed by atoms with van der Waals surface area (Å²) in [6.07, 6.45) is 4.14. The standard InChI is InChI=1S/C14H26N2O3/c1-11(17)16(12-5-6-12)8-13-4-3-7-15(13)9-14(18)10-19-2/h12-14,18H,3-10H2,1-2H3/t13?,14-/m0/s1. The molecular formula is C14H26N2O3. The Hall–Kier alpha value is -0.650. The first-order chi connectivity index (χ1) is 9.11. The molecule has 2 fully saturated rings. The maximum Gasteiger partial charge on any atom is 0.219 e. The molecule has 0 radical (unpaired) electrons. The highest BCUT2D eigenvalue weighted by Crippen LogP contribution is 2.29. The predicted octanol–water partition coefficient (Wildman–Crippen LogP) is 0.469. The zero-order chi connectivity index (χ0) is 13.8. The summed E-state index contributed by atoms with van der Waals surface area (Å²) in [5, 5.41) is 9.84. The molecule has 0 aromatic carbocycles. The summed E-state index contributed by atoms with van der Waals surface area (Å²) in [4.78, 5) is 16.0. The highest BCUT2D eigenvalue weighted by atomic mass is 16.5. The van der Waals surface area contributed by atoms with E-state index in [-0.39, 0.29) is 5.91 Å². The molecule has 1 aliphatic heterocycles. The number of amides is 1. The summed E-state index contributed by atoms with van der Waals surface area (Å²) in [5.74, 6) is 0.187. The van der Waals surface area contributed by atoms with Crippen molar-refractivity contribution in [2.45, 2.75) is 50.8 Å². The second kappa shape index (κ2) is 6.68. The Kier molecular flexibility index (Phi) is 5.19. The van der Waals surface area contributed by atoms with Crippen molar-refractivity contribution < 1.29 is 14.6 Å². The summed E-state index contributed by atoms with van der Waals surface area (Å²) in [7, 11) is 1.61. The molecule has 1 saturated carbocycles. The fourth-order valence-corrected chi connectivity index (χ4v) is 3.01. The summed E-state index contributed by atoms with van der Waals surface area (Å²) < 4.78 is 4.98. The van der Waals surface area contributed by atoms with Gasteiger partial charge in [-0.25, -0.2) is 0 Å². The van der Waals surface area contributed by atoms with E-state index in [9.17, 15) is 9.90 Å². The van der Waals surface area contributed by atoms with Gasteiger partial charge in [-0.05, 0) is 32.2 Å². The van der Waals surface area contributed by atoms with E-state index in [0.717, 1.165) is 38.8 Å². The SMILES string of the molecule is COC[C@@H](O)CN1CCCC1CN(C(C)=O)C1CC1. The van der Waals surface area contributed by atoms with Gasteiger partial charge in [-0.1, -0.05) is 0 Å². The molecule has 1 unspecified atom stereocenters. The van der Waals surface area contributed by atoms with Crippen LogP contribution < -0.4 is 0 Å². The van der Waals surface area contributed by atoms with E-state index < -0.39 is 6.10 Å². The third-order valence-electron chi connectivity index (χ3n) is 4.10. The first kappa shape index (κ1) is 14.8. The molecule has 5 nitrogen and oxygen atoms in total. The number of carbonyl (C=O) groups is 1. The predicted molar refractivity (Wildman–Crippen MR) is 72.9 cm³/mol. The summed E-state index contributed by atoms with van der Waals surface area (Å²) in [6, 6.07) is 0.875. The minimum atomic E-state index is -0.433. The van der Waals surface area contributed by atoms with Crippen LogP contribution >= 0.6 is 0 Å². The van der Waals surface area contributed by atoms with E-state index in [1.54, 1.807) is 14.0 Å². The number of β-amino-alcohol motifs (C(OH)–C–C–N with tert-alkyl or cyclic N) is 1. The van der Waals surface area contributed by atoms with Crippen LogP contribution in [0.4, 0.5) is 0 Å². The minimum Gasteiger partial charge on any atom is -0.389 e. The minimum absolute atomic E-state index is 0.187. The zero-order valence-corrected chi connectivity index (χ0v) is 12.0. The Morgan fingerprint density at radius 3 is 2.79 bits per heavy atom. The number of rotatable bonds is 7. The number of nitrogens with zero attached hydrogens (tertiary/aromatic N) is 2. The van der Waals surface area contributed by atoms with Crippen molar-refractivity contribution in [1.82, 2.24) is 9.80 Å². The molecule has 0 spiro atoms. The Bertz CT molecular complexity index is 307. The number of hydrogen-bond donors (Lipinski definition) is 1. The first-order valence-corrected chi connectivity index (χ1v) is 7.30. The van der Waals surface area contributed by atoms with Gasteiger partial charge in [0.05, 0.1) is 12.7 Å². The highest BCUT2D eigenvalue weighted by molar-refractivity contribution is 5.74. The van der Waals surface area contributed by atoms with Crippen LogP contribution in [0.15, 0.2) is 0 Å². The smallest absolute Gasteiger partial charge is 0.219 e. The molecule has 1 N–H and O–H groups in total. The zero-order valence-electron chi connectivity index (χ0n) is 12.0. The molecule has 1 aliphatic carbocycles. The molecule has 1 saturated heterocycles. The van der Waals surface area contributed by atoms with Gasteiger partial charge in [-0.3, -0.25) is 9.69 Å². The maximum absolute atomic E-state index is 11.7. The van der Waals surface area contributed by atoms with Gasteiger partial charge in [0.1, 0.15) is 0 Å². The fourth-order valence-electron chi connectivity index (χ4n) is 3.01. The number of ether oxygens (including phenoxy) is 1. The number of likely N-dealkylation sites (tertiary alicyclic amines) is 1. The third kappa shape index (κ3) is 4.16. The number of hydrogen-bond acceptors (Lipinski definition) is 4. The van der Waals surface area contributed by atoms with Crippen LogP contribution in [0.2, 0.25) is 0 Å². The van der Waals surface area contributed by atoms with Gasteiger partial charge in [0, 0.05) is 39.2 Å². The highest BCUT2D eigenvalue weighted by Gasteiger charge is 2.35. The lowest BCUT2D eigenvalue weighted by Gasteiger charge is -2.31. The van der Waals surface area contributed by atoms with Crippen LogP contribution in [0.3, 0.4) is 0 Å². The molecule has 1 heterocycles. The van der Waals surface area contributed by atoms with Gasteiger partial charge in [0.25, 0.3) is 0 Å². The van der Waals surface area contributed by atoms with Gasteiger partial charge in [-0.2, -0.15) is 0 Å². The Labute approximate surface area is 115 Å². The van der Waals surface area contributed by atoms with Crippen LogP contribution in [-0.4, -0.2) is 72.4 Å². The fraction of sp³-hybridized carbons (Fsp3) is 0.929. The van der Waals surface area contributed by atoms with Crippen molar-refractivity contribution in [1.29, 1.82) is 0 Å². The maximum atomic E-state index is 11.7. The van der Waals surface area contributed by atoms with Gasteiger partial charge in [0.2, 0.25) is 5.91 Å². The van der Waals surface area contributed by atoms with E-state index in [0.29, 0.717) is 25.2 Å². The summed E-state index contributed by atoms with van der Waals surface area (Å²) >= 11 is 0. The van der Waals surface area contributed by atoms with Crippen molar-refractivity contribution in [2.75, 3.05) is 33.4 Å². The Morgan fingerprint density at radius 2 is 2.21 bits per heavy atom. The second-order valence-electron chi connectivity index (χ2n) is 5.80. The van der Waals surface area contributed by atoms with Crippen molar-refractivity contribution in [3.05, 3.63) is 0 Å². The lowest BCUT2D eigenvalue weighted by atomic mass is 10.2. The van der Waals surface area contributed by atoms with Crippen LogP contribution in [-0.2, 0) is 9.53 Å². The molecule has 110 valence electrons. The Balaban J connectivity index is 1.85. The van der Waals surface area contributed by atoms with E-state index in [1.807, 2.05) is 4.90 Å². The monoisotopic (exact) mass is 270 g/mol. The first-order valence-electron chi connectivity index (χ1n) is 7.30. The lowest BCUT2D eigenvalue weighted by Crippen LogP contribution is -2.46. The normalized spacial score (nSPS) is 25.5. The Morgan fingerprint density at radius 1 is 1.47 bits per heavy atom. The molecule has 0 bridgehead atoms. The van der Waals surface area contributed by atoms with Gasteiger partial charge in [0.15, 0.2) is 0 Å². The largest absolute Gasteiger partial charge is 0.389 e. The topological polar surface area (TPSA) is 53.0 Å². The summed E-state index contributed by atoms with van der Waals surface area (Å²) in [6.45, 7) is 4.52. The third-order valence-corrected chi connectivity index (χ3v) is 4.10. The average Bonchev–Trinajstić information content (AvgIpc) is 3.09. The van der Waals surface area contributed by atoms with Crippen molar-refractivity contribution in [3.63, 3.8) is 0 Å². The van der Waals surface area contributed by atoms with Gasteiger partial charge < -0.3 is 14.7 Å². The van der Waals surface area contributed by atoms with Crippen LogP contribution in [0.5, 0.6) is 0 Å². The second-order valence-corrected chi connectivity index (χ2v) is 5.80. The van der Waals surface area contributed by atoms with Crippen LogP contribution in [0.1, 0.15) is 32.6 Å². The van der Waals surface area contributed by atoms with E-state index >= 15 is 0 Å². The number of aliphatic hydroxyl groups is 1. The van der Waals surface area contributed by atoms with Crippen molar-refractivity contribution in [3.8, 4) is 0 Å². The van der Waals surface area contributed by atoms with Gasteiger partial charge >= 0.3 is 0 Å². The van der Waals surface area contributed by atoms with E-state index in [4.69, 9.17) is 4.74 Å². The van der Waals surface area contributed by atoms with E-state index in [1.165, 1.54) is 0 Å². The number of aliphatic hydroxyl groups excluding tert-OH is 1. The number of methoxy groups -OCH3 is 1. The van der Waals surface area contributed by atoms with E-state index in [2.05, 4.69) is 4.90 Å². The molecular weight excluding hydrogens is 244 g/mol. The molecule has 0 aromatic heterocycles. The molecule has 1 amide bonds. The van der Waals surface area contributed by atoms with Crippen molar-refractivity contribution in [2.24, 2.45) is 0 Å². The summed E-state index contributed by atoms with van der Waals surface area (Å²) in [5.41, 5.74) is 0. The quantitative estimate of drug-likeness (QED) is 0.730. The van der Waals surface area contributed by atoms with Crippen LogP contribution in [0.25, 0.3) is 0 Å². The van der Waals surface area contributed by atoms with Gasteiger partial charge in [-0.15, -0.1) is 0 Å². The molecule has 2 rings (SSSR count). The molecule has 2 aliphatic rings. The number of carbonyl (C=O) groups excluding carboxylic acids is 1. The molecule has 5 heteroatoms. The van der Waals surface area contributed by atoms with Crippen molar-refractivity contribution >= 4 is 5.91 Å². The van der Waals surface area contributed by atoms with Crippen LogP contribution in [0, 0.1) is 0 Å².